The van der Waals surface area contributed by atoms with Gasteiger partial charge in [-0.05, 0) is 25.5 Å². The highest BCUT2D eigenvalue weighted by Gasteiger charge is 2.20. The van der Waals surface area contributed by atoms with Gasteiger partial charge in [0.05, 0.1) is 11.7 Å². The Balaban J connectivity index is 0.00000162. The first kappa shape index (κ1) is 14.7. The van der Waals surface area contributed by atoms with Gasteiger partial charge in [-0.15, -0.1) is 12.4 Å². The van der Waals surface area contributed by atoms with Gasteiger partial charge in [0.1, 0.15) is 0 Å². The molecule has 100 valence electrons. The summed E-state index contributed by atoms with van der Waals surface area (Å²) in [4.78, 5) is 23.1. The summed E-state index contributed by atoms with van der Waals surface area (Å²) in [6.07, 6.45) is 4.71. The Kier molecular flexibility index (Phi) is 5.37. The molecule has 0 spiro atoms. The second kappa shape index (κ2) is 6.56. The molecule has 0 aromatic carbocycles. The molecule has 0 aliphatic carbocycles. The normalized spacial score (nSPS) is 18.8. The van der Waals surface area contributed by atoms with Crippen molar-refractivity contribution in [1.29, 1.82) is 0 Å². The zero-order valence-corrected chi connectivity index (χ0v) is 11.1. The maximum absolute atomic E-state index is 11.9. The van der Waals surface area contributed by atoms with Gasteiger partial charge >= 0.3 is 0 Å². The topological polar surface area (TPSA) is 63.1 Å². The summed E-state index contributed by atoms with van der Waals surface area (Å²) in [6.45, 7) is 0.894. The summed E-state index contributed by atoms with van der Waals surface area (Å²) in [6, 6.07) is 2.97. The average molecular weight is 272 g/mol. The molecule has 0 radical (unpaired) electrons. The molecule has 0 saturated carbocycles. The lowest BCUT2D eigenvalue weighted by atomic mass is 10.0. The van der Waals surface area contributed by atoms with Crippen LogP contribution in [0.4, 0.5) is 5.69 Å². The molecule has 1 atom stereocenters. The number of piperidine rings is 1. The average Bonchev–Trinajstić information content (AvgIpc) is 2.35. The molecule has 2 heterocycles. The Labute approximate surface area is 112 Å². The molecule has 1 amide bonds. The summed E-state index contributed by atoms with van der Waals surface area (Å²) < 4.78 is 1.45. The summed E-state index contributed by atoms with van der Waals surface area (Å²) in [7, 11) is 1.66. The molecule has 1 aromatic heterocycles. The van der Waals surface area contributed by atoms with Crippen LogP contribution in [-0.4, -0.2) is 23.1 Å². The van der Waals surface area contributed by atoms with Gasteiger partial charge in [0.25, 0.3) is 0 Å². The minimum Gasteiger partial charge on any atom is -0.323 e. The van der Waals surface area contributed by atoms with E-state index in [4.69, 9.17) is 0 Å². The number of anilines is 1. The van der Waals surface area contributed by atoms with Crippen LogP contribution in [0.25, 0.3) is 0 Å². The molecule has 1 aliphatic rings. The number of pyridine rings is 1. The van der Waals surface area contributed by atoms with Gasteiger partial charge < -0.3 is 15.2 Å². The molecular weight excluding hydrogens is 254 g/mol. The molecule has 1 fully saturated rings. The number of halogens is 1. The van der Waals surface area contributed by atoms with Gasteiger partial charge in [0.2, 0.25) is 11.5 Å². The van der Waals surface area contributed by atoms with Crippen molar-refractivity contribution < 1.29 is 4.79 Å². The minimum absolute atomic E-state index is 0. The van der Waals surface area contributed by atoms with Crippen LogP contribution in [0.15, 0.2) is 23.1 Å². The molecule has 2 rings (SSSR count). The highest BCUT2D eigenvalue weighted by molar-refractivity contribution is 5.94. The third-order valence-corrected chi connectivity index (χ3v) is 2.98. The smallest absolute Gasteiger partial charge is 0.250 e. The van der Waals surface area contributed by atoms with Gasteiger partial charge in [-0.1, -0.05) is 6.42 Å². The van der Waals surface area contributed by atoms with Crippen LogP contribution in [0.3, 0.4) is 0 Å². The van der Waals surface area contributed by atoms with Crippen molar-refractivity contribution in [2.45, 2.75) is 25.3 Å². The third-order valence-electron chi connectivity index (χ3n) is 2.98. The molecule has 2 N–H and O–H groups in total. The van der Waals surface area contributed by atoms with E-state index < -0.39 is 0 Å². The lowest BCUT2D eigenvalue weighted by Gasteiger charge is -2.22. The SMILES string of the molecule is Cl.Cn1cc(NC(=O)[C@H]2CCCCN2)ccc1=O. The first-order valence-electron chi connectivity index (χ1n) is 5.88. The van der Waals surface area contributed by atoms with Crippen LogP contribution < -0.4 is 16.2 Å². The number of carbonyl (C=O) groups is 1. The van der Waals surface area contributed by atoms with Crippen LogP contribution in [-0.2, 0) is 11.8 Å². The predicted molar refractivity (Wildman–Crippen MR) is 73.2 cm³/mol. The van der Waals surface area contributed by atoms with Gasteiger partial charge in [0.15, 0.2) is 0 Å². The molecule has 1 aliphatic heterocycles. The summed E-state index contributed by atoms with van der Waals surface area (Å²) in [5.41, 5.74) is 0.572. The highest BCUT2D eigenvalue weighted by Crippen LogP contribution is 2.10. The van der Waals surface area contributed by atoms with Gasteiger partial charge in [-0.2, -0.15) is 0 Å². The number of nitrogens with one attached hydrogen (secondary N) is 2. The van der Waals surface area contributed by atoms with Crippen LogP contribution in [0.5, 0.6) is 0 Å². The Morgan fingerprint density at radius 3 is 2.83 bits per heavy atom. The van der Waals surface area contributed by atoms with E-state index in [0.717, 1.165) is 25.8 Å². The number of nitrogens with zero attached hydrogens (tertiary/aromatic N) is 1. The van der Waals surface area contributed by atoms with E-state index in [1.165, 1.54) is 10.6 Å². The van der Waals surface area contributed by atoms with Crippen molar-refractivity contribution in [1.82, 2.24) is 9.88 Å². The largest absolute Gasteiger partial charge is 0.323 e. The molecule has 1 aromatic rings. The van der Waals surface area contributed by atoms with E-state index in [9.17, 15) is 9.59 Å². The first-order valence-corrected chi connectivity index (χ1v) is 5.88. The lowest BCUT2D eigenvalue weighted by molar-refractivity contribution is -0.118. The number of rotatable bonds is 2. The van der Waals surface area contributed by atoms with Crippen LogP contribution >= 0.6 is 12.4 Å². The Morgan fingerprint density at radius 1 is 1.44 bits per heavy atom. The fourth-order valence-electron chi connectivity index (χ4n) is 1.97. The standard InChI is InChI=1S/C12H17N3O2.ClH/c1-15-8-9(5-6-11(15)16)14-12(17)10-4-2-3-7-13-10;/h5-6,8,10,13H,2-4,7H2,1H3,(H,14,17);1H/t10-;/m1./s1. The maximum Gasteiger partial charge on any atom is 0.250 e. The third kappa shape index (κ3) is 3.58. The van der Waals surface area contributed by atoms with Gasteiger partial charge in [0, 0.05) is 19.3 Å². The molecule has 18 heavy (non-hydrogen) atoms. The number of hydrogen-bond donors (Lipinski definition) is 2. The van der Waals surface area contributed by atoms with E-state index >= 15 is 0 Å². The molecule has 5 nitrogen and oxygen atoms in total. The molecule has 1 saturated heterocycles. The van der Waals surface area contributed by atoms with Crippen molar-refractivity contribution >= 4 is 24.0 Å². The summed E-state index contributed by atoms with van der Waals surface area (Å²) in [5.74, 6) is -0.0247. The van der Waals surface area contributed by atoms with Crippen molar-refractivity contribution in [3.63, 3.8) is 0 Å². The fourth-order valence-corrected chi connectivity index (χ4v) is 1.97. The number of hydrogen-bond acceptors (Lipinski definition) is 3. The van der Waals surface area contributed by atoms with Crippen molar-refractivity contribution in [2.75, 3.05) is 11.9 Å². The Morgan fingerprint density at radius 2 is 2.22 bits per heavy atom. The predicted octanol–water partition coefficient (Wildman–Crippen LogP) is 0.888. The molecular formula is C12H18ClN3O2. The molecule has 0 unspecified atom stereocenters. The van der Waals surface area contributed by atoms with Gasteiger partial charge in [-0.3, -0.25) is 9.59 Å². The van der Waals surface area contributed by atoms with Crippen molar-refractivity contribution in [2.24, 2.45) is 7.05 Å². The van der Waals surface area contributed by atoms with Crippen LogP contribution in [0.2, 0.25) is 0 Å². The molecule has 6 heteroatoms. The maximum atomic E-state index is 11.9. The molecule has 0 bridgehead atoms. The quantitative estimate of drug-likeness (QED) is 0.840. The van der Waals surface area contributed by atoms with E-state index in [1.54, 1.807) is 19.3 Å². The summed E-state index contributed by atoms with van der Waals surface area (Å²) >= 11 is 0. The zero-order chi connectivity index (χ0) is 12.3. The number of aryl methyl sites for hydroxylation is 1. The summed E-state index contributed by atoms with van der Waals surface area (Å²) in [5, 5.41) is 6.00. The second-order valence-corrected chi connectivity index (χ2v) is 4.36. The van der Waals surface area contributed by atoms with Crippen molar-refractivity contribution in [3.05, 3.63) is 28.7 Å². The second-order valence-electron chi connectivity index (χ2n) is 4.36. The van der Waals surface area contributed by atoms with Gasteiger partial charge in [-0.25, -0.2) is 0 Å². The number of amides is 1. The van der Waals surface area contributed by atoms with E-state index in [2.05, 4.69) is 10.6 Å². The monoisotopic (exact) mass is 271 g/mol. The van der Waals surface area contributed by atoms with Crippen molar-refractivity contribution in [3.8, 4) is 0 Å². The number of aromatic nitrogens is 1. The number of carbonyl (C=O) groups excluding carboxylic acids is 1. The fraction of sp³-hybridized carbons (Fsp3) is 0.500. The zero-order valence-electron chi connectivity index (χ0n) is 10.3. The van der Waals surface area contributed by atoms with E-state index in [1.807, 2.05) is 0 Å². The lowest BCUT2D eigenvalue weighted by Crippen LogP contribution is -2.43. The Bertz CT molecular complexity index is 467. The van der Waals surface area contributed by atoms with E-state index in [0.29, 0.717) is 5.69 Å². The van der Waals surface area contributed by atoms with Crippen LogP contribution in [0, 0.1) is 0 Å². The highest BCUT2D eigenvalue weighted by atomic mass is 35.5. The minimum atomic E-state index is -0.110. The first-order chi connectivity index (χ1) is 8.16. The van der Waals surface area contributed by atoms with E-state index in [-0.39, 0.29) is 29.9 Å². The van der Waals surface area contributed by atoms with Crippen LogP contribution in [0.1, 0.15) is 19.3 Å². The Hall–Kier alpha value is -1.33.